The Labute approximate surface area is 174 Å². The first-order chi connectivity index (χ1) is 14.3. The second kappa shape index (κ2) is 13.9. The number of anilines is 1. The highest BCUT2D eigenvalue weighted by atomic mass is 17.1. The largest absolute Gasteiger partial charge is 0.352 e. The zero-order chi connectivity index (χ0) is 22.4. The second-order valence-corrected chi connectivity index (χ2v) is 6.54. The third-order valence-electron chi connectivity index (χ3n) is 4.00. The van der Waals surface area contributed by atoms with E-state index < -0.39 is 23.9 Å². The summed E-state index contributed by atoms with van der Waals surface area (Å²) >= 11 is 0. The van der Waals surface area contributed by atoms with Gasteiger partial charge in [0.1, 0.15) is 12.6 Å². The number of urea groups is 1. The van der Waals surface area contributed by atoms with Crippen molar-refractivity contribution in [2.24, 2.45) is 5.73 Å². The lowest BCUT2D eigenvalue weighted by Gasteiger charge is -2.19. The Balaban J connectivity index is 2.67. The molecule has 1 aromatic rings. The van der Waals surface area contributed by atoms with E-state index in [1.54, 1.807) is 24.3 Å². The molecule has 0 aliphatic rings. The molecule has 30 heavy (non-hydrogen) atoms. The monoisotopic (exact) mass is 423 g/mol. The molecule has 0 aliphatic heterocycles. The lowest BCUT2D eigenvalue weighted by atomic mass is 10.1. The van der Waals surface area contributed by atoms with Gasteiger partial charge in [-0.2, -0.15) is 0 Å². The van der Waals surface area contributed by atoms with Crippen molar-refractivity contribution in [1.29, 1.82) is 0 Å². The number of benzene rings is 1. The molecular weight excluding hydrogens is 394 g/mol. The number of nitrogens with one attached hydrogen (secondary N) is 4. The number of hydrogen-bond donors (Lipinski definition) is 6. The number of primary amides is 1. The molecule has 166 valence electrons. The minimum atomic E-state index is -0.879. The summed E-state index contributed by atoms with van der Waals surface area (Å²) in [4.78, 5) is 51.1. The quantitative estimate of drug-likeness (QED) is 0.153. The first-order valence-electron chi connectivity index (χ1n) is 9.61. The Bertz CT molecular complexity index is 710. The Morgan fingerprint density at radius 1 is 1.10 bits per heavy atom. The molecular formula is C19H29N5O6. The first kappa shape index (κ1) is 24.9. The van der Waals surface area contributed by atoms with Gasteiger partial charge < -0.3 is 27.0 Å². The van der Waals surface area contributed by atoms with Crippen LogP contribution in [0.15, 0.2) is 24.3 Å². The van der Waals surface area contributed by atoms with E-state index in [9.17, 15) is 19.2 Å². The van der Waals surface area contributed by atoms with Gasteiger partial charge in [-0.3, -0.25) is 19.6 Å². The Morgan fingerprint density at radius 3 is 2.40 bits per heavy atom. The van der Waals surface area contributed by atoms with Crippen molar-refractivity contribution in [3.8, 4) is 0 Å². The normalized spacial score (nSPS) is 11.3. The Hall–Kier alpha value is -3.18. The summed E-state index contributed by atoms with van der Waals surface area (Å²) < 4.78 is 0. The second-order valence-electron chi connectivity index (χ2n) is 6.54. The first-order valence-corrected chi connectivity index (χ1v) is 9.61. The smallest absolute Gasteiger partial charge is 0.312 e. The van der Waals surface area contributed by atoms with Crippen LogP contribution in [0.25, 0.3) is 0 Å². The fourth-order valence-corrected chi connectivity index (χ4v) is 2.51. The summed E-state index contributed by atoms with van der Waals surface area (Å²) in [6.45, 7) is 1.88. The minimum absolute atomic E-state index is 0.0174. The van der Waals surface area contributed by atoms with E-state index >= 15 is 0 Å². The fourth-order valence-electron chi connectivity index (χ4n) is 2.51. The minimum Gasteiger partial charge on any atom is -0.352 e. The number of carbonyl (C=O) groups excluding carboxylic acids is 4. The molecule has 0 aromatic heterocycles. The standard InChI is InChI=1S/C19H29N5O6/c1-2-4-16(25)22-11-17(26)24-15(5-3-10-21-19(20)28)18(27)23-14-8-6-13(7-9-14)12-30-29/h6-9,15,29H,2-5,10-12H2,1H3,(H,22,25)(H,23,27)(H,24,26)(H3,20,21,28). The summed E-state index contributed by atoms with van der Waals surface area (Å²) in [6, 6.07) is 5.04. The topological polar surface area (TPSA) is 172 Å². The predicted molar refractivity (Wildman–Crippen MR) is 109 cm³/mol. The molecule has 0 saturated carbocycles. The van der Waals surface area contributed by atoms with E-state index in [0.29, 0.717) is 30.5 Å². The van der Waals surface area contributed by atoms with Crippen LogP contribution < -0.4 is 27.0 Å². The number of amides is 5. The number of nitrogens with two attached hydrogens (primary N) is 1. The summed E-state index contributed by atoms with van der Waals surface area (Å²) in [6.07, 6.45) is 1.62. The maximum atomic E-state index is 12.6. The van der Waals surface area contributed by atoms with Crippen molar-refractivity contribution in [3.05, 3.63) is 29.8 Å². The summed E-state index contributed by atoms with van der Waals surface area (Å²) in [5.74, 6) is -1.20. The van der Waals surface area contributed by atoms with Crippen molar-refractivity contribution in [1.82, 2.24) is 16.0 Å². The van der Waals surface area contributed by atoms with Gasteiger partial charge in [0.15, 0.2) is 0 Å². The van der Waals surface area contributed by atoms with Crippen molar-refractivity contribution >= 4 is 29.4 Å². The molecule has 5 amide bonds. The summed E-state index contributed by atoms with van der Waals surface area (Å²) in [5.41, 5.74) is 6.22. The molecule has 11 heteroatoms. The van der Waals surface area contributed by atoms with Gasteiger partial charge in [-0.05, 0) is 37.0 Å². The molecule has 1 aromatic carbocycles. The van der Waals surface area contributed by atoms with E-state index in [1.165, 1.54) is 0 Å². The maximum Gasteiger partial charge on any atom is 0.312 e. The highest BCUT2D eigenvalue weighted by Gasteiger charge is 2.21. The lowest BCUT2D eigenvalue weighted by Crippen LogP contribution is -2.47. The fraction of sp³-hybridized carbons (Fsp3) is 0.474. The Kier molecular flexibility index (Phi) is 11.5. The van der Waals surface area contributed by atoms with Crippen LogP contribution in [0.5, 0.6) is 0 Å². The molecule has 0 heterocycles. The molecule has 1 atom stereocenters. The maximum absolute atomic E-state index is 12.6. The molecule has 0 fully saturated rings. The van der Waals surface area contributed by atoms with Crippen LogP contribution in [0.3, 0.4) is 0 Å². The molecule has 0 saturated heterocycles. The lowest BCUT2D eigenvalue weighted by molar-refractivity contribution is -0.253. The molecule has 1 unspecified atom stereocenters. The van der Waals surface area contributed by atoms with E-state index in [1.807, 2.05) is 6.92 Å². The summed E-state index contributed by atoms with van der Waals surface area (Å²) in [5, 5.41) is 18.7. The van der Waals surface area contributed by atoms with Crippen LogP contribution in [-0.2, 0) is 25.9 Å². The van der Waals surface area contributed by atoms with Gasteiger partial charge in [0.2, 0.25) is 17.7 Å². The average Bonchev–Trinajstić information content (AvgIpc) is 2.70. The zero-order valence-corrected chi connectivity index (χ0v) is 16.9. The van der Waals surface area contributed by atoms with Crippen molar-refractivity contribution in [2.45, 2.75) is 45.3 Å². The SMILES string of the molecule is CCCC(=O)NCC(=O)NC(CCCNC(N)=O)C(=O)Nc1ccc(COO)cc1. The molecule has 0 spiro atoms. The molecule has 7 N–H and O–H groups in total. The Morgan fingerprint density at radius 2 is 1.80 bits per heavy atom. The van der Waals surface area contributed by atoms with Crippen molar-refractivity contribution < 1.29 is 29.3 Å². The van der Waals surface area contributed by atoms with Crippen LogP contribution >= 0.6 is 0 Å². The predicted octanol–water partition coefficient (Wildman–Crippen LogP) is 0.464. The number of hydrogen-bond acceptors (Lipinski definition) is 6. The van der Waals surface area contributed by atoms with Crippen LogP contribution in [0, 0.1) is 0 Å². The van der Waals surface area contributed by atoms with Gasteiger partial charge in [0.25, 0.3) is 0 Å². The van der Waals surface area contributed by atoms with Crippen molar-refractivity contribution in [2.75, 3.05) is 18.4 Å². The van der Waals surface area contributed by atoms with E-state index in [0.717, 1.165) is 0 Å². The summed E-state index contributed by atoms with van der Waals surface area (Å²) in [7, 11) is 0. The van der Waals surface area contributed by atoms with Gasteiger partial charge in [-0.25, -0.2) is 9.68 Å². The molecule has 1 rings (SSSR count). The van der Waals surface area contributed by atoms with Crippen LogP contribution in [0.2, 0.25) is 0 Å². The molecule has 11 nitrogen and oxygen atoms in total. The third kappa shape index (κ3) is 10.4. The van der Waals surface area contributed by atoms with Crippen LogP contribution in [0.4, 0.5) is 10.5 Å². The molecule has 0 aliphatic carbocycles. The highest BCUT2D eigenvalue weighted by Crippen LogP contribution is 2.11. The molecule has 0 bridgehead atoms. The molecule has 0 radical (unpaired) electrons. The van der Waals surface area contributed by atoms with Gasteiger partial charge >= 0.3 is 6.03 Å². The van der Waals surface area contributed by atoms with E-state index in [-0.39, 0.29) is 32.0 Å². The van der Waals surface area contributed by atoms with Gasteiger partial charge in [0, 0.05) is 18.7 Å². The number of carbonyl (C=O) groups is 4. The van der Waals surface area contributed by atoms with Gasteiger partial charge in [0.05, 0.1) is 6.54 Å². The third-order valence-corrected chi connectivity index (χ3v) is 4.00. The highest BCUT2D eigenvalue weighted by molar-refractivity contribution is 5.97. The van der Waals surface area contributed by atoms with E-state index in [4.69, 9.17) is 11.0 Å². The van der Waals surface area contributed by atoms with Crippen LogP contribution in [-0.4, -0.2) is 48.1 Å². The van der Waals surface area contributed by atoms with Gasteiger partial charge in [-0.15, -0.1) is 0 Å². The number of rotatable bonds is 13. The van der Waals surface area contributed by atoms with Crippen LogP contribution in [0.1, 0.15) is 38.2 Å². The zero-order valence-electron chi connectivity index (χ0n) is 16.9. The average molecular weight is 423 g/mol. The van der Waals surface area contributed by atoms with Gasteiger partial charge in [-0.1, -0.05) is 19.1 Å². The van der Waals surface area contributed by atoms with E-state index in [2.05, 4.69) is 26.2 Å². The van der Waals surface area contributed by atoms with Crippen molar-refractivity contribution in [3.63, 3.8) is 0 Å².